The number of nitrogens with zero attached hydrogens (tertiary/aromatic N) is 2. The minimum atomic E-state index is -0.0295. The van der Waals surface area contributed by atoms with Crippen molar-refractivity contribution in [3.63, 3.8) is 0 Å². The fraction of sp³-hybridized carbons (Fsp3) is 0.833. The number of urea groups is 1. The summed E-state index contributed by atoms with van der Waals surface area (Å²) in [7, 11) is 0. The standard InChI is InChI=1S/C12H19N3O/c13-8-9-15(11-6-1-2-7-11)12(16)14-10-4-3-5-10/h10-11H,1-7,9H2,(H,14,16). The van der Waals surface area contributed by atoms with Gasteiger partial charge in [-0.15, -0.1) is 0 Å². The molecule has 0 atom stereocenters. The van der Waals surface area contributed by atoms with Gasteiger partial charge in [-0.2, -0.15) is 5.26 Å². The molecule has 0 radical (unpaired) electrons. The number of carbonyl (C=O) groups excluding carboxylic acids is 1. The van der Waals surface area contributed by atoms with Crippen LogP contribution in [0.2, 0.25) is 0 Å². The van der Waals surface area contributed by atoms with Crippen molar-refractivity contribution >= 4 is 6.03 Å². The van der Waals surface area contributed by atoms with E-state index in [-0.39, 0.29) is 12.6 Å². The van der Waals surface area contributed by atoms with Crippen LogP contribution in [0, 0.1) is 11.3 Å². The molecule has 0 aliphatic heterocycles. The zero-order valence-corrected chi connectivity index (χ0v) is 9.61. The smallest absolute Gasteiger partial charge is 0.318 e. The summed E-state index contributed by atoms with van der Waals surface area (Å²) < 4.78 is 0. The molecule has 2 fully saturated rings. The van der Waals surface area contributed by atoms with E-state index in [9.17, 15) is 4.79 Å². The molecule has 0 spiro atoms. The molecule has 0 saturated heterocycles. The Balaban J connectivity index is 1.89. The summed E-state index contributed by atoms with van der Waals surface area (Å²) in [6, 6.07) is 2.72. The predicted molar refractivity (Wildman–Crippen MR) is 60.7 cm³/mol. The van der Waals surface area contributed by atoms with Gasteiger partial charge in [0.2, 0.25) is 0 Å². The maximum Gasteiger partial charge on any atom is 0.318 e. The SMILES string of the molecule is N#CCN(C(=O)NC1CCC1)C1CCCC1. The van der Waals surface area contributed by atoms with Crippen molar-refractivity contribution < 1.29 is 4.79 Å². The Bertz CT molecular complexity index is 287. The second-order valence-corrected chi connectivity index (χ2v) is 4.80. The van der Waals surface area contributed by atoms with Crippen LogP contribution in [0.15, 0.2) is 0 Å². The van der Waals surface area contributed by atoms with Gasteiger partial charge in [-0.1, -0.05) is 12.8 Å². The zero-order valence-electron chi connectivity index (χ0n) is 9.61. The van der Waals surface area contributed by atoms with Gasteiger partial charge in [0, 0.05) is 12.1 Å². The number of amides is 2. The summed E-state index contributed by atoms with van der Waals surface area (Å²) in [5.41, 5.74) is 0. The van der Waals surface area contributed by atoms with Crippen LogP contribution in [0.3, 0.4) is 0 Å². The fourth-order valence-corrected chi connectivity index (χ4v) is 2.47. The van der Waals surface area contributed by atoms with E-state index in [1.165, 1.54) is 19.3 Å². The molecule has 2 amide bonds. The highest BCUT2D eigenvalue weighted by Gasteiger charge is 2.28. The average Bonchev–Trinajstić information content (AvgIpc) is 2.72. The van der Waals surface area contributed by atoms with Crippen molar-refractivity contribution in [1.29, 1.82) is 5.26 Å². The van der Waals surface area contributed by atoms with E-state index in [2.05, 4.69) is 11.4 Å². The Labute approximate surface area is 96.6 Å². The van der Waals surface area contributed by atoms with Gasteiger partial charge in [0.05, 0.1) is 6.07 Å². The minimum Gasteiger partial charge on any atom is -0.335 e. The number of rotatable bonds is 3. The van der Waals surface area contributed by atoms with Gasteiger partial charge >= 0.3 is 6.03 Å². The van der Waals surface area contributed by atoms with Gasteiger partial charge < -0.3 is 10.2 Å². The van der Waals surface area contributed by atoms with Crippen LogP contribution in [0.1, 0.15) is 44.9 Å². The van der Waals surface area contributed by atoms with E-state index >= 15 is 0 Å². The molecule has 16 heavy (non-hydrogen) atoms. The van der Waals surface area contributed by atoms with E-state index in [4.69, 9.17) is 5.26 Å². The average molecular weight is 221 g/mol. The summed E-state index contributed by atoms with van der Waals surface area (Å²) in [4.78, 5) is 13.7. The lowest BCUT2D eigenvalue weighted by atomic mass is 9.93. The lowest BCUT2D eigenvalue weighted by Gasteiger charge is -2.32. The topological polar surface area (TPSA) is 56.1 Å². The molecule has 0 aromatic rings. The van der Waals surface area contributed by atoms with Gasteiger partial charge in [-0.3, -0.25) is 0 Å². The fourth-order valence-electron chi connectivity index (χ4n) is 2.47. The lowest BCUT2D eigenvalue weighted by molar-refractivity contribution is 0.173. The van der Waals surface area contributed by atoms with Gasteiger partial charge in [-0.25, -0.2) is 4.79 Å². The molecule has 2 saturated carbocycles. The van der Waals surface area contributed by atoms with Crippen LogP contribution in [0.5, 0.6) is 0 Å². The van der Waals surface area contributed by atoms with Crippen molar-refractivity contribution in [2.24, 2.45) is 0 Å². The Morgan fingerprint density at radius 2 is 1.94 bits per heavy atom. The third-order valence-corrected chi connectivity index (χ3v) is 3.70. The molecule has 4 heteroatoms. The Morgan fingerprint density at radius 1 is 1.25 bits per heavy atom. The first kappa shape index (κ1) is 11.3. The largest absolute Gasteiger partial charge is 0.335 e. The van der Waals surface area contributed by atoms with Crippen molar-refractivity contribution in [1.82, 2.24) is 10.2 Å². The first-order valence-corrected chi connectivity index (χ1v) is 6.25. The summed E-state index contributed by atoms with van der Waals surface area (Å²) in [6.45, 7) is 0.225. The van der Waals surface area contributed by atoms with Crippen LogP contribution >= 0.6 is 0 Å². The van der Waals surface area contributed by atoms with Crippen molar-refractivity contribution in [2.45, 2.75) is 57.0 Å². The molecular formula is C12H19N3O. The van der Waals surface area contributed by atoms with E-state index in [1.54, 1.807) is 4.90 Å². The number of hydrogen-bond acceptors (Lipinski definition) is 2. The molecule has 1 N–H and O–H groups in total. The molecule has 0 unspecified atom stereocenters. The summed E-state index contributed by atoms with van der Waals surface area (Å²) in [6.07, 6.45) is 7.88. The monoisotopic (exact) mass is 221 g/mol. The van der Waals surface area contributed by atoms with Gasteiger partial charge in [0.15, 0.2) is 0 Å². The highest BCUT2D eigenvalue weighted by Crippen LogP contribution is 2.24. The first-order valence-electron chi connectivity index (χ1n) is 6.25. The number of carbonyl (C=O) groups is 1. The zero-order chi connectivity index (χ0) is 11.4. The van der Waals surface area contributed by atoms with Gasteiger partial charge in [0.1, 0.15) is 6.54 Å². The molecule has 0 aromatic carbocycles. The third-order valence-electron chi connectivity index (χ3n) is 3.70. The van der Waals surface area contributed by atoms with Crippen LogP contribution in [0.4, 0.5) is 4.79 Å². The molecular weight excluding hydrogens is 202 g/mol. The molecule has 0 heterocycles. The summed E-state index contributed by atoms with van der Waals surface area (Å²) >= 11 is 0. The van der Waals surface area contributed by atoms with E-state index in [0.29, 0.717) is 12.1 Å². The van der Waals surface area contributed by atoms with Crippen molar-refractivity contribution in [3.05, 3.63) is 0 Å². The number of nitriles is 1. The quantitative estimate of drug-likeness (QED) is 0.741. The van der Waals surface area contributed by atoms with E-state index in [1.807, 2.05) is 0 Å². The second kappa shape index (κ2) is 5.20. The Kier molecular flexibility index (Phi) is 3.66. The maximum absolute atomic E-state index is 12.0. The maximum atomic E-state index is 12.0. The van der Waals surface area contributed by atoms with E-state index in [0.717, 1.165) is 25.7 Å². The van der Waals surface area contributed by atoms with Gasteiger partial charge in [-0.05, 0) is 32.1 Å². The van der Waals surface area contributed by atoms with Gasteiger partial charge in [0.25, 0.3) is 0 Å². The van der Waals surface area contributed by atoms with Crippen LogP contribution in [-0.2, 0) is 0 Å². The van der Waals surface area contributed by atoms with Crippen LogP contribution < -0.4 is 5.32 Å². The molecule has 88 valence electrons. The Morgan fingerprint density at radius 3 is 2.44 bits per heavy atom. The number of hydrogen-bond donors (Lipinski definition) is 1. The van der Waals surface area contributed by atoms with Crippen LogP contribution in [0.25, 0.3) is 0 Å². The molecule has 4 nitrogen and oxygen atoms in total. The summed E-state index contributed by atoms with van der Waals surface area (Å²) in [5.74, 6) is 0. The van der Waals surface area contributed by atoms with E-state index < -0.39 is 0 Å². The molecule has 2 rings (SSSR count). The highest BCUT2D eigenvalue weighted by atomic mass is 16.2. The van der Waals surface area contributed by atoms with Crippen LogP contribution in [-0.4, -0.2) is 29.6 Å². The first-order chi connectivity index (χ1) is 7.81. The second-order valence-electron chi connectivity index (χ2n) is 4.80. The molecule has 0 aromatic heterocycles. The normalized spacial score (nSPS) is 21.2. The minimum absolute atomic E-state index is 0.0295. The predicted octanol–water partition coefficient (Wildman–Crippen LogP) is 2.02. The number of nitrogens with one attached hydrogen (secondary N) is 1. The molecule has 2 aliphatic rings. The third kappa shape index (κ3) is 2.46. The highest BCUT2D eigenvalue weighted by molar-refractivity contribution is 5.75. The molecule has 0 bridgehead atoms. The van der Waals surface area contributed by atoms with Crippen molar-refractivity contribution in [3.8, 4) is 6.07 Å². The lowest BCUT2D eigenvalue weighted by Crippen LogP contribution is -2.50. The molecule has 2 aliphatic carbocycles. The summed E-state index contributed by atoms with van der Waals surface area (Å²) in [5, 5.41) is 11.8. The van der Waals surface area contributed by atoms with Crippen molar-refractivity contribution in [2.75, 3.05) is 6.54 Å². The Hall–Kier alpha value is -1.24.